The molecule has 3 aromatic carbocycles. The number of nitrogens with one attached hydrogen (secondary N) is 2. The Morgan fingerprint density at radius 2 is 1.60 bits per heavy atom. The molecule has 0 aliphatic carbocycles. The number of benzene rings is 3. The van der Waals surface area contributed by atoms with Crippen molar-refractivity contribution in [2.24, 2.45) is 0 Å². The number of aryl methyl sites for hydroxylation is 1. The minimum absolute atomic E-state index is 0.0399. The number of hydrogen-bond acceptors (Lipinski definition) is 3. The molecule has 0 saturated carbocycles. The Morgan fingerprint density at radius 3 is 2.23 bits per heavy atom. The molecule has 7 heteroatoms. The number of halogens is 1. The zero-order chi connectivity index (χ0) is 21.7. The fourth-order valence-electron chi connectivity index (χ4n) is 2.83. The van der Waals surface area contributed by atoms with Crippen molar-refractivity contribution in [1.82, 2.24) is 5.32 Å². The predicted octanol–water partition coefficient (Wildman–Crippen LogP) is 5.51. The third kappa shape index (κ3) is 5.18. The third-order valence-corrected chi connectivity index (χ3v) is 5.01. The van der Waals surface area contributed by atoms with Crippen molar-refractivity contribution < 1.29 is 14.0 Å². The van der Waals surface area contributed by atoms with E-state index in [-0.39, 0.29) is 17.6 Å². The van der Waals surface area contributed by atoms with Crippen LogP contribution in [0.4, 0.5) is 20.6 Å². The Hall–Kier alpha value is -3.32. The van der Waals surface area contributed by atoms with Gasteiger partial charge in [-0.2, -0.15) is 0 Å². The second-order valence-corrected chi connectivity index (χ2v) is 7.27. The Kier molecular flexibility index (Phi) is 6.74. The summed E-state index contributed by atoms with van der Waals surface area (Å²) in [6.45, 7) is 3.90. The van der Waals surface area contributed by atoms with Crippen LogP contribution in [0.5, 0.6) is 0 Å². The van der Waals surface area contributed by atoms with Crippen LogP contribution in [0.15, 0.2) is 72.8 Å². The van der Waals surface area contributed by atoms with Gasteiger partial charge in [-0.15, -0.1) is 0 Å². The van der Waals surface area contributed by atoms with E-state index in [4.69, 9.17) is 0 Å². The summed E-state index contributed by atoms with van der Waals surface area (Å²) in [5, 5.41) is 5.52. The SMILES string of the molecule is Cc1ccc([C@@H](C)NC(=O)N(S)c2ccc(NC(=O)c3ccccc3F)cc2)cc1. The number of thiol groups is 1. The van der Waals surface area contributed by atoms with Crippen molar-refractivity contribution in [2.75, 3.05) is 9.62 Å². The highest BCUT2D eigenvalue weighted by Crippen LogP contribution is 2.22. The summed E-state index contributed by atoms with van der Waals surface area (Å²) in [6.07, 6.45) is 0. The van der Waals surface area contributed by atoms with E-state index < -0.39 is 11.7 Å². The maximum absolute atomic E-state index is 13.7. The molecule has 0 heterocycles. The van der Waals surface area contributed by atoms with Gasteiger partial charge in [0.1, 0.15) is 5.82 Å². The van der Waals surface area contributed by atoms with Gasteiger partial charge in [0.05, 0.1) is 17.3 Å². The topological polar surface area (TPSA) is 61.4 Å². The van der Waals surface area contributed by atoms with Crippen molar-refractivity contribution in [3.63, 3.8) is 0 Å². The fraction of sp³-hybridized carbons (Fsp3) is 0.130. The van der Waals surface area contributed by atoms with Crippen LogP contribution in [-0.2, 0) is 0 Å². The number of anilines is 2. The largest absolute Gasteiger partial charge is 0.332 e. The van der Waals surface area contributed by atoms with E-state index in [1.165, 1.54) is 22.5 Å². The van der Waals surface area contributed by atoms with Gasteiger partial charge in [-0.05, 0) is 55.8 Å². The molecule has 0 spiro atoms. The molecular formula is C23H22FN3O2S. The molecule has 0 aromatic heterocycles. The monoisotopic (exact) mass is 423 g/mol. The molecule has 1 atom stereocenters. The normalized spacial score (nSPS) is 11.5. The molecule has 0 radical (unpaired) electrons. The van der Waals surface area contributed by atoms with Crippen LogP contribution in [0.3, 0.4) is 0 Å². The molecular weight excluding hydrogens is 401 g/mol. The molecule has 3 amide bonds. The van der Waals surface area contributed by atoms with Gasteiger partial charge in [-0.25, -0.2) is 13.5 Å². The number of carbonyl (C=O) groups is 2. The average molecular weight is 424 g/mol. The lowest BCUT2D eigenvalue weighted by Gasteiger charge is -2.21. The average Bonchev–Trinajstić information content (AvgIpc) is 2.74. The van der Waals surface area contributed by atoms with Crippen LogP contribution in [-0.4, -0.2) is 11.9 Å². The van der Waals surface area contributed by atoms with Gasteiger partial charge >= 0.3 is 6.03 Å². The van der Waals surface area contributed by atoms with Gasteiger partial charge in [0.2, 0.25) is 0 Å². The van der Waals surface area contributed by atoms with Crippen LogP contribution in [0.1, 0.15) is 34.5 Å². The quantitative estimate of drug-likeness (QED) is 0.474. The van der Waals surface area contributed by atoms with Gasteiger partial charge in [-0.1, -0.05) is 54.8 Å². The van der Waals surface area contributed by atoms with Crippen LogP contribution < -0.4 is 14.9 Å². The first-order valence-corrected chi connectivity index (χ1v) is 9.77. The van der Waals surface area contributed by atoms with Crippen LogP contribution in [0.2, 0.25) is 0 Å². The van der Waals surface area contributed by atoms with E-state index in [0.717, 1.165) is 11.1 Å². The summed E-state index contributed by atoms with van der Waals surface area (Å²) in [5.74, 6) is -1.14. The smallest absolute Gasteiger partial charge is 0.330 e. The molecule has 0 saturated heterocycles. The standard InChI is InChI=1S/C23H22FN3O2S/c1-15-7-9-17(10-8-15)16(2)25-23(29)27(30)19-13-11-18(12-14-19)26-22(28)20-5-3-4-6-21(20)24/h3-14,16,30H,1-2H3,(H,25,29)(H,26,28)/t16-/m1/s1. The Balaban J connectivity index is 1.62. The van der Waals surface area contributed by atoms with Gasteiger partial charge in [0.25, 0.3) is 5.91 Å². The first kappa shape index (κ1) is 21.4. The van der Waals surface area contributed by atoms with Crippen LogP contribution >= 0.6 is 12.8 Å². The molecule has 0 aliphatic rings. The molecule has 0 unspecified atom stereocenters. The summed E-state index contributed by atoms with van der Waals surface area (Å²) in [5.41, 5.74) is 3.09. The molecule has 5 nitrogen and oxygen atoms in total. The van der Waals surface area contributed by atoms with Crippen LogP contribution in [0.25, 0.3) is 0 Å². The molecule has 0 bridgehead atoms. The molecule has 30 heavy (non-hydrogen) atoms. The number of hydrogen-bond donors (Lipinski definition) is 3. The lowest BCUT2D eigenvalue weighted by molar-refractivity contribution is 0.102. The van der Waals surface area contributed by atoms with Crippen molar-refractivity contribution in [1.29, 1.82) is 0 Å². The number of nitrogens with zero attached hydrogens (tertiary/aromatic N) is 1. The lowest BCUT2D eigenvalue weighted by Crippen LogP contribution is -2.35. The van der Waals surface area contributed by atoms with E-state index in [2.05, 4.69) is 23.4 Å². The summed E-state index contributed by atoms with van der Waals surface area (Å²) in [6, 6.07) is 19.6. The number of rotatable bonds is 5. The molecule has 2 N–H and O–H groups in total. The molecule has 0 aliphatic heterocycles. The Labute approximate surface area is 180 Å². The predicted molar refractivity (Wildman–Crippen MR) is 120 cm³/mol. The fourth-order valence-corrected chi connectivity index (χ4v) is 3.02. The second kappa shape index (κ2) is 9.45. The third-order valence-electron chi connectivity index (χ3n) is 4.60. The van der Waals surface area contributed by atoms with E-state index in [1.54, 1.807) is 30.3 Å². The minimum atomic E-state index is -0.590. The molecule has 0 fully saturated rings. The van der Waals surface area contributed by atoms with E-state index in [1.807, 2.05) is 38.1 Å². The van der Waals surface area contributed by atoms with Gasteiger partial charge < -0.3 is 10.6 Å². The highest BCUT2D eigenvalue weighted by molar-refractivity contribution is 7.82. The first-order chi connectivity index (χ1) is 14.3. The zero-order valence-electron chi connectivity index (χ0n) is 16.6. The summed E-state index contributed by atoms with van der Waals surface area (Å²) < 4.78 is 14.9. The number of urea groups is 1. The van der Waals surface area contributed by atoms with Crippen molar-refractivity contribution in [3.05, 3.63) is 95.3 Å². The maximum Gasteiger partial charge on any atom is 0.332 e. The first-order valence-electron chi connectivity index (χ1n) is 9.37. The van der Waals surface area contributed by atoms with Gasteiger partial charge in [0, 0.05) is 5.69 Å². The van der Waals surface area contributed by atoms with Gasteiger partial charge in [0.15, 0.2) is 0 Å². The molecule has 3 aromatic rings. The maximum atomic E-state index is 13.7. The van der Waals surface area contributed by atoms with Crippen molar-refractivity contribution in [3.8, 4) is 0 Å². The van der Waals surface area contributed by atoms with E-state index in [0.29, 0.717) is 11.4 Å². The summed E-state index contributed by atoms with van der Waals surface area (Å²) in [7, 11) is 0. The lowest BCUT2D eigenvalue weighted by atomic mass is 10.1. The second-order valence-electron chi connectivity index (χ2n) is 6.87. The Bertz CT molecular complexity index is 1040. The van der Waals surface area contributed by atoms with Crippen LogP contribution in [0, 0.1) is 12.7 Å². The molecule has 3 rings (SSSR count). The Morgan fingerprint density at radius 1 is 0.967 bits per heavy atom. The van der Waals surface area contributed by atoms with Crippen molar-refractivity contribution >= 4 is 36.1 Å². The van der Waals surface area contributed by atoms with E-state index >= 15 is 0 Å². The summed E-state index contributed by atoms with van der Waals surface area (Å²) in [4.78, 5) is 24.7. The number of amides is 3. The highest BCUT2D eigenvalue weighted by Gasteiger charge is 2.16. The minimum Gasteiger partial charge on any atom is -0.330 e. The number of carbonyl (C=O) groups excluding carboxylic acids is 2. The zero-order valence-corrected chi connectivity index (χ0v) is 17.5. The highest BCUT2D eigenvalue weighted by atomic mass is 32.1. The molecule has 154 valence electrons. The summed E-state index contributed by atoms with van der Waals surface area (Å²) >= 11 is 4.28. The van der Waals surface area contributed by atoms with Gasteiger partial charge in [-0.3, -0.25) is 4.79 Å². The van der Waals surface area contributed by atoms with Crippen molar-refractivity contribution in [2.45, 2.75) is 19.9 Å². The van der Waals surface area contributed by atoms with E-state index in [9.17, 15) is 14.0 Å².